The molecule has 4 heteroatoms. The monoisotopic (exact) mass is 243 g/mol. The van der Waals surface area contributed by atoms with E-state index in [0.717, 1.165) is 6.42 Å². The van der Waals surface area contributed by atoms with Crippen molar-refractivity contribution in [1.29, 1.82) is 0 Å². The van der Waals surface area contributed by atoms with E-state index in [0.29, 0.717) is 24.6 Å². The quantitative estimate of drug-likeness (QED) is 0.694. The second-order valence-electron chi connectivity index (χ2n) is 5.50. The van der Waals surface area contributed by atoms with Gasteiger partial charge < -0.3 is 15.2 Å². The first kappa shape index (κ1) is 14.5. The summed E-state index contributed by atoms with van der Waals surface area (Å²) in [7, 11) is 0. The second-order valence-corrected chi connectivity index (χ2v) is 5.50. The molecule has 0 amide bonds. The Morgan fingerprint density at radius 1 is 1.59 bits per heavy atom. The summed E-state index contributed by atoms with van der Waals surface area (Å²) in [5, 5.41) is 13.1. The van der Waals surface area contributed by atoms with Gasteiger partial charge in [-0.05, 0) is 25.2 Å². The SMILES string of the molecule is CCOC(=O)CC(O)CNC1CCCC1(C)C. The Morgan fingerprint density at radius 3 is 2.82 bits per heavy atom. The molecule has 0 heterocycles. The van der Waals surface area contributed by atoms with Gasteiger partial charge in [-0.1, -0.05) is 20.3 Å². The highest BCUT2D eigenvalue weighted by Crippen LogP contribution is 2.37. The lowest BCUT2D eigenvalue weighted by Gasteiger charge is -2.28. The molecule has 0 aromatic carbocycles. The average Bonchev–Trinajstić information content (AvgIpc) is 2.55. The van der Waals surface area contributed by atoms with Gasteiger partial charge in [-0.15, -0.1) is 0 Å². The summed E-state index contributed by atoms with van der Waals surface area (Å²) < 4.78 is 4.80. The van der Waals surface area contributed by atoms with Gasteiger partial charge in [0.25, 0.3) is 0 Å². The van der Waals surface area contributed by atoms with Crippen molar-refractivity contribution in [1.82, 2.24) is 5.32 Å². The molecule has 0 bridgehead atoms. The minimum absolute atomic E-state index is 0.0774. The third kappa shape index (κ3) is 4.64. The van der Waals surface area contributed by atoms with Gasteiger partial charge in [0.15, 0.2) is 0 Å². The van der Waals surface area contributed by atoms with Gasteiger partial charge in [0.2, 0.25) is 0 Å². The molecule has 4 nitrogen and oxygen atoms in total. The van der Waals surface area contributed by atoms with Gasteiger partial charge in [-0.3, -0.25) is 4.79 Å². The topological polar surface area (TPSA) is 58.6 Å². The molecule has 2 N–H and O–H groups in total. The van der Waals surface area contributed by atoms with Gasteiger partial charge in [0, 0.05) is 12.6 Å². The van der Waals surface area contributed by atoms with Crippen molar-refractivity contribution < 1.29 is 14.6 Å². The van der Waals surface area contributed by atoms with Crippen LogP contribution in [0.25, 0.3) is 0 Å². The lowest BCUT2D eigenvalue weighted by Crippen LogP contribution is -2.42. The Hall–Kier alpha value is -0.610. The number of carbonyl (C=O) groups excluding carboxylic acids is 1. The summed E-state index contributed by atoms with van der Waals surface area (Å²) in [5.74, 6) is -0.326. The van der Waals surface area contributed by atoms with Gasteiger partial charge in [0.1, 0.15) is 0 Å². The van der Waals surface area contributed by atoms with Crippen LogP contribution in [0, 0.1) is 5.41 Å². The highest BCUT2D eigenvalue weighted by molar-refractivity contribution is 5.69. The van der Waals surface area contributed by atoms with Crippen LogP contribution in [0.4, 0.5) is 0 Å². The van der Waals surface area contributed by atoms with E-state index in [1.165, 1.54) is 12.8 Å². The van der Waals surface area contributed by atoms with E-state index in [2.05, 4.69) is 19.2 Å². The zero-order valence-electron chi connectivity index (χ0n) is 11.2. The predicted molar refractivity (Wildman–Crippen MR) is 66.7 cm³/mol. The minimum Gasteiger partial charge on any atom is -0.466 e. The van der Waals surface area contributed by atoms with Gasteiger partial charge in [0.05, 0.1) is 19.1 Å². The van der Waals surface area contributed by atoms with Crippen LogP contribution in [0.2, 0.25) is 0 Å². The van der Waals surface area contributed by atoms with Gasteiger partial charge >= 0.3 is 5.97 Å². The smallest absolute Gasteiger partial charge is 0.308 e. The number of ether oxygens (including phenoxy) is 1. The fourth-order valence-corrected chi connectivity index (χ4v) is 2.47. The maximum atomic E-state index is 11.2. The zero-order chi connectivity index (χ0) is 12.9. The molecule has 1 aliphatic carbocycles. The lowest BCUT2D eigenvalue weighted by molar-refractivity contribution is -0.145. The molecule has 1 fully saturated rings. The summed E-state index contributed by atoms with van der Waals surface area (Å²) in [6.07, 6.45) is 3.04. The van der Waals surface area contributed by atoms with Crippen molar-refractivity contribution >= 4 is 5.97 Å². The molecular formula is C13H25NO3. The maximum absolute atomic E-state index is 11.2. The van der Waals surface area contributed by atoms with Crippen molar-refractivity contribution in [2.45, 2.75) is 58.6 Å². The summed E-state index contributed by atoms with van der Waals surface area (Å²) >= 11 is 0. The standard InChI is InChI=1S/C13H25NO3/c1-4-17-12(16)8-10(15)9-14-11-6-5-7-13(11,2)3/h10-11,14-15H,4-9H2,1-3H3. The second kappa shape index (κ2) is 6.36. The van der Waals surface area contributed by atoms with Crippen LogP contribution in [0.3, 0.4) is 0 Å². The van der Waals surface area contributed by atoms with Crippen LogP contribution < -0.4 is 5.32 Å². The van der Waals surface area contributed by atoms with Crippen molar-refractivity contribution in [3.8, 4) is 0 Å². The average molecular weight is 243 g/mol. The number of esters is 1. The molecular weight excluding hydrogens is 218 g/mol. The van der Waals surface area contributed by atoms with Crippen LogP contribution in [0.1, 0.15) is 46.5 Å². The number of nitrogens with one attached hydrogen (secondary N) is 1. The number of rotatable bonds is 6. The summed E-state index contributed by atoms with van der Waals surface area (Å²) in [6, 6.07) is 0.444. The third-order valence-corrected chi connectivity index (χ3v) is 3.56. The Kier molecular flexibility index (Phi) is 5.40. The highest BCUT2D eigenvalue weighted by atomic mass is 16.5. The normalized spacial score (nSPS) is 24.6. The third-order valence-electron chi connectivity index (χ3n) is 3.56. The van der Waals surface area contributed by atoms with E-state index in [1.54, 1.807) is 6.92 Å². The van der Waals surface area contributed by atoms with Gasteiger partial charge in [-0.2, -0.15) is 0 Å². The number of carbonyl (C=O) groups is 1. The Labute approximate surface area is 104 Å². The van der Waals surface area contributed by atoms with E-state index in [1.807, 2.05) is 0 Å². The van der Waals surface area contributed by atoms with Crippen LogP contribution >= 0.6 is 0 Å². The van der Waals surface area contributed by atoms with Crippen molar-refractivity contribution in [2.75, 3.05) is 13.2 Å². The van der Waals surface area contributed by atoms with E-state index in [9.17, 15) is 9.90 Å². The molecule has 0 saturated heterocycles. The Bertz CT molecular complexity index is 253. The number of aliphatic hydroxyl groups is 1. The molecule has 0 aromatic heterocycles. The van der Waals surface area contributed by atoms with Crippen LogP contribution in [0.5, 0.6) is 0 Å². The molecule has 17 heavy (non-hydrogen) atoms. The molecule has 1 saturated carbocycles. The largest absolute Gasteiger partial charge is 0.466 e. The summed E-state index contributed by atoms with van der Waals surface area (Å²) in [5.41, 5.74) is 0.295. The highest BCUT2D eigenvalue weighted by Gasteiger charge is 2.34. The maximum Gasteiger partial charge on any atom is 0.308 e. The number of hydrogen-bond acceptors (Lipinski definition) is 4. The lowest BCUT2D eigenvalue weighted by atomic mass is 9.87. The van der Waals surface area contributed by atoms with Gasteiger partial charge in [-0.25, -0.2) is 0 Å². The van der Waals surface area contributed by atoms with E-state index in [-0.39, 0.29) is 12.4 Å². The molecule has 0 aromatic rings. The van der Waals surface area contributed by atoms with E-state index >= 15 is 0 Å². The Morgan fingerprint density at radius 2 is 2.29 bits per heavy atom. The summed E-state index contributed by atoms with van der Waals surface area (Å²) in [4.78, 5) is 11.2. The summed E-state index contributed by atoms with van der Waals surface area (Å²) in [6.45, 7) is 7.09. The first-order valence-corrected chi connectivity index (χ1v) is 6.52. The van der Waals surface area contributed by atoms with E-state index < -0.39 is 6.10 Å². The Balaban J connectivity index is 2.24. The first-order chi connectivity index (χ1) is 7.95. The molecule has 2 unspecified atom stereocenters. The van der Waals surface area contributed by atoms with Crippen LogP contribution in [0.15, 0.2) is 0 Å². The van der Waals surface area contributed by atoms with Crippen molar-refractivity contribution in [3.63, 3.8) is 0 Å². The molecule has 0 radical (unpaired) electrons. The fraction of sp³-hybridized carbons (Fsp3) is 0.923. The fourth-order valence-electron chi connectivity index (χ4n) is 2.47. The molecule has 100 valence electrons. The molecule has 2 atom stereocenters. The molecule has 1 rings (SSSR count). The zero-order valence-corrected chi connectivity index (χ0v) is 11.2. The molecule has 0 spiro atoms. The van der Waals surface area contributed by atoms with E-state index in [4.69, 9.17) is 4.74 Å². The van der Waals surface area contributed by atoms with Crippen molar-refractivity contribution in [2.24, 2.45) is 5.41 Å². The van der Waals surface area contributed by atoms with Crippen molar-refractivity contribution in [3.05, 3.63) is 0 Å². The van der Waals surface area contributed by atoms with Crippen LogP contribution in [-0.2, 0) is 9.53 Å². The van der Waals surface area contributed by atoms with Crippen LogP contribution in [-0.4, -0.2) is 36.4 Å². The minimum atomic E-state index is -0.648. The molecule has 1 aliphatic rings. The number of hydrogen-bond donors (Lipinski definition) is 2. The molecule has 0 aliphatic heterocycles. The number of aliphatic hydroxyl groups excluding tert-OH is 1. The first-order valence-electron chi connectivity index (χ1n) is 6.52. The predicted octanol–water partition coefficient (Wildman–Crippen LogP) is 1.47.